The second-order valence-electron chi connectivity index (χ2n) is 4.59. The fraction of sp³-hybridized carbons (Fsp3) is 0.438. The van der Waals surface area contributed by atoms with Gasteiger partial charge in [-0.05, 0) is 25.5 Å². The lowest BCUT2D eigenvalue weighted by Crippen LogP contribution is -2.28. The maximum atomic E-state index is 12.4. The number of nitrogens with zero attached hydrogens (tertiary/aromatic N) is 1. The zero-order valence-electron chi connectivity index (χ0n) is 11.9. The van der Waals surface area contributed by atoms with E-state index in [0.29, 0.717) is 11.1 Å². The zero-order valence-corrected chi connectivity index (χ0v) is 11.9. The summed E-state index contributed by atoms with van der Waals surface area (Å²) in [6.07, 6.45) is 2.05. The lowest BCUT2D eigenvalue weighted by molar-refractivity contribution is 0.0793. The fourth-order valence-corrected chi connectivity index (χ4v) is 1.78. The Hall–Kier alpha value is -1.79. The smallest absolute Gasteiger partial charge is 0.254 e. The van der Waals surface area contributed by atoms with Crippen LogP contribution in [0.25, 0.3) is 0 Å². The molecule has 0 aromatic heterocycles. The second-order valence-corrected chi connectivity index (χ2v) is 4.59. The summed E-state index contributed by atoms with van der Waals surface area (Å²) in [7, 11) is 1.81. The van der Waals surface area contributed by atoms with E-state index in [1.165, 1.54) is 0 Å². The minimum Gasteiger partial charge on any atom is -0.384 e. The van der Waals surface area contributed by atoms with Crippen LogP contribution < -0.4 is 0 Å². The monoisotopic (exact) mass is 259 g/mol. The molecule has 3 heteroatoms. The van der Waals surface area contributed by atoms with Gasteiger partial charge in [0, 0.05) is 19.2 Å². The van der Waals surface area contributed by atoms with Crippen molar-refractivity contribution in [3.05, 3.63) is 34.9 Å². The van der Waals surface area contributed by atoms with E-state index in [-0.39, 0.29) is 12.5 Å². The van der Waals surface area contributed by atoms with Gasteiger partial charge in [0.1, 0.15) is 6.61 Å². The van der Waals surface area contributed by atoms with Crippen LogP contribution in [0.15, 0.2) is 18.2 Å². The molecule has 1 aromatic rings. The van der Waals surface area contributed by atoms with Gasteiger partial charge in [0.25, 0.3) is 5.91 Å². The Morgan fingerprint density at radius 2 is 2.16 bits per heavy atom. The Morgan fingerprint density at radius 1 is 1.42 bits per heavy atom. The number of aliphatic hydroxyl groups is 1. The molecule has 102 valence electrons. The van der Waals surface area contributed by atoms with Crippen LogP contribution in [-0.4, -0.2) is 36.1 Å². The largest absolute Gasteiger partial charge is 0.384 e. The third kappa shape index (κ3) is 4.42. The third-order valence-electron chi connectivity index (χ3n) is 2.90. The topological polar surface area (TPSA) is 40.5 Å². The van der Waals surface area contributed by atoms with Crippen molar-refractivity contribution in [1.82, 2.24) is 4.90 Å². The number of rotatable bonds is 4. The third-order valence-corrected chi connectivity index (χ3v) is 2.90. The summed E-state index contributed by atoms with van der Waals surface area (Å²) in [5.41, 5.74) is 2.31. The van der Waals surface area contributed by atoms with Crippen LogP contribution in [0.3, 0.4) is 0 Å². The lowest BCUT2D eigenvalue weighted by atomic mass is 10.0. The predicted octanol–water partition coefficient (Wildman–Crippen LogP) is 2.21. The minimum absolute atomic E-state index is 0.0145. The molecule has 0 bridgehead atoms. The Labute approximate surface area is 115 Å². The molecule has 0 saturated heterocycles. The first-order valence-electron chi connectivity index (χ1n) is 6.56. The van der Waals surface area contributed by atoms with E-state index in [4.69, 9.17) is 5.11 Å². The number of benzene rings is 1. The summed E-state index contributed by atoms with van der Waals surface area (Å²) >= 11 is 0. The highest BCUT2D eigenvalue weighted by Crippen LogP contribution is 2.13. The van der Waals surface area contributed by atoms with E-state index in [9.17, 15) is 4.79 Å². The Balaban J connectivity index is 3.03. The van der Waals surface area contributed by atoms with Crippen LogP contribution in [0.4, 0.5) is 0 Å². The Morgan fingerprint density at radius 3 is 2.79 bits per heavy atom. The molecule has 3 nitrogen and oxygen atoms in total. The van der Waals surface area contributed by atoms with Crippen LogP contribution in [0.1, 0.15) is 41.3 Å². The zero-order chi connectivity index (χ0) is 14.3. The van der Waals surface area contributed by atoms with Crippen molar-refractivity contribution in [1.29, 1.82) is 0 Å². The van der Waals surface area contributed by atoms with Crippen LogP contribution in [0.2, 0.25) is 0 Å². The van der Waals surface area contributed by atoms with E-state index >= 15 is 0 Å². The van der Waals surface area contributed by atoms with Crippen molar-refractivity contribution >= 4 is 5.91 Å². The highest BCUT2D eigenvalue weighted by Gasteiger charge is 2.14. The Kier molecular flexibility index (Phi) is 6.11. The molecule has 1 N–H and O–H groups in total. The van der Waals surface area contributed by atoms with Crippen LogP contribution >= 0.6 is 0 Å². The number of aryl methyl sites for hydroxylation is 1. The van der Waals surface area contributed by atoms with Gasteiger partial charge in [0.2, 0.25) is 0 Å². The van der Waals surface area contributed by atoms with E-state index in [0.717, 1.165) is 24.9 Å². The fourth-order valence-electron chi connectivity index (χ4n) is 1.78. The number of hydrogen-bond acceptors (Lipinski definition) is 2. The SMILES string of the molecule is CCCCN(C)C(=O)c1cc(C)ccc1C#CCO. The van der Waals surface area contributed by atoms with E-state index in [1.807, 2.05) is 32.2 Å². The van der Waals surface area contributed by atoms with Crippen molar-refractivity contribution < 1.29 is 9.90 Å². The summed E-state index contributed by atoms with van der Waals surface area (Å²) < 4.78 is 0. The molecule has 1 rings (SSSR count). The maximum Gasteiger partial charge on any atom is 0.254 e. The normalized spacial score (nSPS) is 9.68. The molecule has 19 heavy (non-hydrogen) atoms. The summed E-state index contributed by atoms with van der Waals surface area (Å²) in [6, 6.07) is 5.61. The van der Waals surface area contributed by atoms with Gasteiger partial charge in [-0.25, -0.2) is 0 Å². The van der Waals surface area contributed by atoms with Crippen LogP contribution in [0.5, 0.6) is 0 Å². The molecule has 1 aromatic carbocycles. The molecule has 1 amide bonds. The average Bonchev–Trinajstić information content (AvgIpc) is 2.42. The quantitative estimate of drug-likeness (QED) is 0.842. The molecule has 0 fully saturated rings. The first kappa shape index (κ1) is 15.3. The Bertz CT molecular complexity index is 497. The predicted molar refractivity (Wildman–Crippen MR) is 77.0 cm³/mol. The molecule has 0 saturated carbocycles. The highest BCUT2D eigenvalue weighted by molar-refractivity contribution is 5.96. The molecule has 0 aliphatic carbocycles. The van der Waals surface area contributed by atoms with E-state index in [1.54, 1.807) is 4.90 Å². The first-order chi connectivity index (χ1) is 9.10. The van der Waals surface area contributed by atoms with Gasteiger partial charge in [0.05, 0.1) is 5.56 Å². The van der Waals surface area contributed by atoms with E-state index < -0.39 is 0 Å². The summed E-state index contributed by atoms with van der Waals surface area (Å²) in [6.45, 7) is 4.60. The van der Waals surface area contributed by atoms with Gasteiger partial charge < -0.3 is 10.0 Å². The van der Waals surface area contributed by atoms with Gasteiger partial charge in [-0.1, -0.05) is 36.8 Å². The van der Waals surface area contributed by atoms with E-state index in [2.05, 4.69) is 18.8 Å². The maximum absolute atomic E-state index is 12.4. The first-order valence-corrected chi connectivity index (χ1v) is 6.56. The number of hydrogen-bond donors (Lipinski definition) is 1. The number of aliphatic hydroxyl groups excluding tert-OH is 1. The van der Waals surface area contributed by atoms with Gasteiger partial charge in [-0.3, -0.25) is 4.79 Å². The molecule has 0 aliphatic rings. The average molecular weight is 259 g/mol. The summed E-state index contributed by atoms with van der Waals surface area (Å²) in [5, 5.41) is 8.77. The highest BCUT2D eigenvalue weighted by atomic mass is 16.2. The molecule has 0 unspecified atom stereocenters. The van der Waals surface area contributed by atoms with Crippen molar-refractivity contribution in [2.24, 2.45) is 0 Å². The summed E-state index contributed by atoms with van der Waals surface area (Å²) in [5.74, 6) is 5.42. The number of carbonyl (C=O) groups is 1. The van der Waals surface area contributed by atoms with Gasteiger partial charge >= 0.3 is 0 Å². The minimum atomic E-state index is -0.201. The van der Waals surface area contributed by atoms with Crippen LogP contribution in [0, 0.1) is 18.8 Å². The van der Waals surface area contributed by atoms with Crippen molar-refractivity contribution in [2.45, 2.75) is 26.7 Å². The number of unbranched alkanes of at least 4 members (excludes halogenated alkanes) is 1. The molecule has 0 aliphatic heterocycles. The van der Waals surface area contributed by atoms with Gasteiger partial charge in [-0.2, -0.15) is 0 Å². The van der Waals surface area contributed by atoms with Crippen molar-refractivity contribution in [2.75, 3.05) is 20.2 Å². The molecule has 0 radical (unpaired) electrons. The molecule has 0 atom stereocenters. The van der Waals surface area contributed by atoms with Crippen molar-refractivity contribution in [3.8, 4) is 11.8 Å². The standard InChI is InChI=1S/C16H21NO2/c1-4-5-10-17(3)16(19)15-12-13(2)8-9-14(15)7-6-11-18/h8-9,12,18H,4-5,10-11H2,1-3H3. The summed E-state index contributed by atoms with van der Waals surface area (Å²) in [4.78, 5) is 14.1. The number of carbonyl (C=O) groups excluding carboxylic acids is 1. The number of amides is 1. The lowest BCUT2D eigenvalue weighted by Gasteiger charge is -2.18. The molecule has 0 spiro atoms. The van der Waals surface area contributed by atoms with Gasteiger partial charge in [0.15, 0.2) is 0 Å². The molecular formula is C16H21NO2. The van der Waals surface area contributed by atoms with Crippen molar-refractivity contribution in [3.63, 3.8) is 0 Å². The molecule has 0 heterocycles. The molecular weight excluding hydrogens is 238 g/mol. The van der Waals surface area contributed by atoms with Crippen LogP contribution in [-0.2, 0) is 0 Å². The second kappa shape index (κ2) is 7.60. The van der Waals surface area contributed by atoms with Gasteiger partial charge in [-0.15, -0.1) is 0 Å².